The van der Waals surface area contributed by atoms with Crippen LogP contribution in [0.25, 0.3) is 11.0 Å². The zero-order valence-electron chi connectivity index (χ0n) is 17.4. The van der Waals surface area contributed by atoms with E-state index in [9.17, 15) is 9.59 Å². The van der Waals surface area contributed by atoms with Crippen molar-refractivity contribution in [3.8, 4) is 5.75 Å². The second kappa shape index (κ2) is 8.95. The van der Waals surface area contributed by atoms with Gasteiger partial charge in [-0.25, -0.2) is 0 Å². The Morgan fingerprint density at radius 3 is 2.28 bits per heavy atom. The summed E-state index contributed by atoms with van der Waals surface area (Å²) in [7, 11) is 1.53. The molecule has 0 fully saturated rings. The molecule has 1 N–H and O–H groups in total. The Kier molecular flexibility index (Phi) is 6.37. The van der Waals surface area contributed by atoms with E-state index in [1.54, 1.807) is 18.2 Å². The van der Waals surface area contributed by atoms with Crippen LogP contribution in [0.4, 0.5) is 5.69 Å². The number of carbonyl (C=O) groups excluding carboxylic acids is 1. The van der Waals surface area contributed by atoms with Crippen molar-refractivity contribution in [1.82, 2.24) is 0 Å². The lowest BCUT2D eigenvalue weighted by atomic mass is 10.0. The molecule has 29 heavy (non-hydrogen) atoms. The third-order valence-corrected chi connectivity index (χ3v) is 5.12. The van der Waals surface area contributed by atoms with Crippen molar-refractivity contribution in [3.63, 3.8) is 0 Å². The third-order valence-electron chi connectivity index (χ3n) is 5.12. The molecule has 2 aromatic carbocycles. The SMILES string of the molecule is CCCc1oc2c(OC)cccc2c(=O)c1C(=O)Nc1c(CC)cccc1CC. The van der Waals surface area contributed by atoms with Crippen LogP contribution in [0, 0.1) is 0 Å². The highest BCUT2D eigenvalue weighted by atomic mass is 16.5. The van der Waals surface area contributed by atoms with Crippen LogP contribution >= 0.6 is 0 Å². The number of ether oxygens (including phenoxy) is 1. The van der Waals surface area contributed by atoms with E-state index in [-0.39, 0.29) is 11.0 Å². The van der Waals surface area contributed by atoms with Gasteiger partial charge in [-0.05, 0) is 42.5 Å². The fourth-order valence-electron chi connectivity index (χ4n) is 3.61. The molecule has 1 heterocycles. The molecule has 0 bridgehead atoms. The van der Waals surface area contributed by atoms with E-state index in [0.717, 1.165) is 36.1 Å². The molecular weight excluding hydrogens is 366 g/mol. The standard InChI is InChI=1S/C24H27NO4/c1-5-10-18-20(22(26)17-13-9-14-19(28-4)23(17)29-18)24(27)25-21-15(6-2)11-8-12-16(21)7-3/h8-9,11-14H,5-7,10H2,1-4H3,(H,25,27). The second-order valence-electron chi connectivity index (χ2n) is 6.93. The van der Waals surface area contributed by atoms with Gasteiger partial charge in [-0.1, -0.05) is 45.0 Å². The number of amides is 1. The number of methoxy groups -OCH3 is 1. The lowest BCUT2D eigenvalue weighted by Gasteiger charge is -2.16. The zero-order valence-corrected chi connectivity index (χ0v) is 17.4. The molecule has 0 saturated carbocycles. The molecule has 5 heteroatoms. The highest BCUT2D eigenvalue weighted by molar-refractivity contribution is 6.07. The number of para-hydroxylation sites is 2. The van der Waals surface area contributed by atoms with Gasteiger partial charge in [-0.15, -0.1) is 0 Å². The predicted octanol–water partition coefficient (Wildman–Crippen LogP) is 5.13. The molecule has 0 aliphatic heterocycles. The number of anilines is 1. The van der Waals surface area contributed by atoms with Crippen LogP contribution in [-0.2, 0) is 19.3 Å². The fourth-order valence-corrected chi connectivity index (χ4v) is 3.61. The number of hydrogen-bond acceptors (Lipinski definition) is 4. The largest absolute Gasteiger partial charge is 0.493 e. The molecular formula is C24H27NO4. The summed E-state index contributed by atoms with van der Waals surface area (Å²) in [6.45, 7) is 6.07. The number of rotatable bonds is 7. The summed E-state index contributed by atoms with van der Waals surface area (Å²) in [6, 6.07) is 11.1. The number of nitrogens with one attached hydrogen (secondary N) is 1. The van der Waals surface area contributed by atoms with E-state index >= 15 is 0 Å². The molecule has 0 radical (unpaired) electrons. The van der Waals surface area contributed by atoms with Gasteiger partial charge in [-0.3, -0.25) is 9.59 Å². The van der Waals surface area contributed by atoms with Gasteiger partial charge >= 0.3 is 0 Å². The van der Waals surface area contributed by atoms with Crippen LogP contribution in [0.5, 0.6) is 5.75 Å². The summed E-state index contributed by atoms with van der Waals surface area (Å²) in [5, 5.41) is 3.34. The number of carbonyl (C=O) groups is 1. The smallest absolute Gasteiger partial charge is 0.263 e. The minimum Gasteiger partial charge on any atom is -0.493 e. The fraction of sp³-hybridized carbons (Fsp3) is 0.333. The number of aryl methyl sites for hydroxylation is 3. The molecule has 0 aliphatic carbocycles. The van der Waals surface area contributed by atoms with Gasteiger partial charge in [-0.2, -0.15) is 0 Å². The van der Waals surface area contributed by atoms with Crippen LogP contribution in [0.15, 0.2) is 45.6 Å². The Morgan fingerprint density at radius 1 is 1.03 bits per heavy atom. The van der Waals surface area contributed by atoms with Gasteiger partial charge in [0, 0.05) is 12.1 Å². The average molecular weight is 393 g/mol. The first-order valence-electron chi connectivity index (χ1n) is 10.1. The third kappa shape index (κ3) is 3.90. The topological polar surface area (TPSA) is 68.5 Å². The Bertz CT molecular complexity index is 1080. The Labute approximate surface area is 170 Å². The lowest BCUT2D eigenvalue weighted by molar-refractivity contribution is 0.102. The maximum Gasteiger partial charge on any atom is 0.263 e. The van der Waals surface area contributed by atoms with E-state index < -0.39 is 5.91 Å². The van der Waals surface area contributed by atoms with Crippen molar-refractivity contribution in [1.29, 1.82) is 0 Å². The number of benzene rings is 2. The lowest BCUT2D eigenvalue weighted by Crippen LogP contribution is -2.25. The molecule has 0 aliphatic rings. The predicted molar refractivity (Wildman–Crippen MR) is 116 cm³/mol. The van der Waals surface area contributed by atoms with Gasteiger partial charge in [0.2, 0.25) is 5.43 Å². The van der Waals surface area contributed by atoms with E-state index in [4.69, 9.17) is 9.15 Å². The Hall–Kier alpha value is -3.08. The van der Waals surface area contributed by atoms with E-state index in [2.05, 4.69) is 5.32 Å². The van der Waals surface area contributed by atoms with Gasteiger partial charge in [0.1, 0.15) is 11.3 Å². The summed E-state index contributed by atoms with van der Waals surface area (Å²) in [5.74, 6) is 0.440. The molecule has 1 aromatic heterocycles. The molecule has 3 aromatic rings. The summed E-state index contributed by atoms with van der Waals surface area (Å²) >= 11 is 0. The van der Waals surface area contributed by atoms with Gasteiger partial charge < -0.3 is 14.5 Å². The average Bonchev–Trinajstić information content (AvgIpc) is 2.73. The minimum atomic E-state index is -0.428. The van der Waals surface area contributed by atoms with Crippen molar-refractivity contribution in [2.45, 2.75) is 46.5 Å². The first-order valence-corrected chi connectivity index (χ1v) is 10.1. The van der Waals surface area contributed by atoms with Crippen LogP contribution < -0.4 is 15.5 Å². The van der Waals surface area contributed by atoms with Gasteiger partial charge in [0.05, 0.1) is 12.5 Å². The number of fused-ring (bicyclic) bond motifs is 1. The highest BCUT2D eigenvalue weighted by Gasteiger charge is 2.23. The quantitative estimate of drug-likeness (QED) is 0.604. The second-order valence-corrected chi connectivity index (χ2v) is 6.93. The van der Waals surface area contributed by atoms with Crippen molar-refractivity contribution < 1.29 is 13.9 Å². The summed E-state index contributed by atoms with van der Waals surface area (Å²) < 4.78 is 11.4. The maximum absolute atomic E-state index is 13.3. The van der Waals surface area contributed by atoms with Gasteiger partial charge in [0.25, 0.3) is 5.91 Å². The van der Waals surface area contributed by atoms with Crippen molar-refractivity contribution in [3.05, 3.63) is 69.1 Å². The monoisotopic (exact) mass is 393 g/mol. The molecule has 0 spiro atoms. The summed E-state index contributed by atoms with van der Waals surface area (Å²) in [6.07, 6.45) is 2.81. The Balaban J connectivity index is 2.17. The van der Waals surface area contributed by atoms with Gasteiger partial charge in [0.15, 0.2) is 11.3 Å². The van der Waals surface area contributed by atoms with E-state index in [0.29, 0.717) is 28.9 Å². The first-order chi connectivity index (χ1) is 14.0. The maximum atomic E-state index is 13.3. The summed E-state index contributed by atoms with van der Waals surface area (Å²) in [5.41, 5.74) is 2.99. The highest BCUT2D eigenvalue weighted by Crippen LogP contribution is 2.28. The van der Waals surface area contributed by atoms with Crippen LogP contribution in [0.2, 0.25) is 0 Å². The zero-order chi connectivity index (χ0) is 21.0. The summed E-state index contributed by atoms with van der Waals surface area (Å²) in [4.78, 5) is 26.5. The van der Waals surface area contributed by atoms with E-state index in [1.165, 1.54) is 7.11 Å². The molecule has 1 amide bonds. The molecule has 0 saturated heterocycles. The van der Waals surface area contributed by atoms with Crippen molar-refractivity contribution in [2.24, 2.45) is 0 Å². The molecule has 152 valence electrons. The molecule has 0 unspecified atom stereocenters. The van der Waals surface area contributed by atoms with Crippen LogP contribution in [-0.4, -0.2) is 13.0 Å². The Morgan fingerprint density at radius 2 is 1.69 bits per heavy atom. The molecule has 0 atom stereocenters. The van der Waals surface area contributed by atoms with Crippen molar-refractivity contribution in [2.75, 3.05) is 12.4 Å². The molecule has 5 nitrogen and oxygen atoms in total. The normalized spacial score (nSPS) is 10.9. The molecule has 3 rings (SSSR count). The van der Waals surface area contributed by atoms with E-state index in [1.807, 2.05) is 39.0 Å². The van der Waals surface area contributed by atoms with Crippen LogP contribution in [0.3, 0.4) is 0 Å². The van der Waals surface area contributed by atoms with Crippen LogP contribution in [0.1, 0.15) is 54.4 Å². The number of hydrogen-bond donors (Lipinski definition) is 1. The first kappa shape index (κ1) is 20.6. The van der Waals surface area contributed by atoms with Crippen molar-refractivity contribution >= 4 is 22.6 Å². The minimum absolute atomic E-state index is 0.0700.